The Hall–Kier alpha value is -3.78. The average molecular weight is 557 g/mol. The first-order chi connectivity index (χ1) is 18.8. The Kier molecular flexibility index (Phi) is 9.30. The van der Waals surface area contributed by atoms with Crippen molar-refractivity contribution in [1.29, 1.82) is 0 Å². The molecule has 3 aromatic rings. The molecule has 39 heavy (non-hydrogen) atoms. The summed E-state index contributed by atoms with van der Waals surface area (Å²) in [6, 6.07) is 14.8. The molecule has 0 radical (unpaired) electrons. The molecule has 6 N–H and O–H groups in total. The molecular weight excluding hydrogens is 524 g/mol. The van der Waals surface area contributed by atoms with E-state index in [1.54, 1.807) is 24.5 Å². The van der Waals surface area contributed by atoms with Crippen molar-refractivity contribution < 1.29 is 28.0 Å². The van der Waals surface area contributed by atoms with Crippen LogP contribution in [0.2, 0.25) is 0 Å². The molecule has 1 amide bonds. The van der Waals surface area contributed by atoms with E-state index in [9.17, 15) is 23.1 Å². The van der Waals surface area contributed by atoms with E-state index < -0.39 is 33.6 Å². The number of aromatic nitrogens is 2. The molecule has 0 saturated carbocycles. The highest BCUT2D eigenvalue weighted by Gasteiger charge is 2.45. The van der Waals surface area contributed by atoms with Crippen molar-refractivity contribution >= 4 is 27.8 Å². The van der Waals surface area contributed by atoms with Gasteiger partial charge in [-0.25, -0.2) is 18.2 Å². The third-order valence-corrected chi connectivity index (χ3v) is 7.86. The summed E-state index contributed by atoms with van der Waals surface area (Å²) in [4.78, 5) is 37.4. The van der Waals surface area contributed by atoms with E-state index in [2.05, 4.69) is 30.8 Å². The highest BCUT2D eigenvalue weighted by Crippen LogP contribution is 2.23. The molecule has 12 nitrogen and oxygen atoms in total. The van der Waals surface area contributed by atoms with Crippen LogP contribution in [0.4, 0.5) is 5.95 Å². The number of nitrogens with one attached hydrogen (secondary N) is 5. The molecule has 0 spiro atoms. The average Bonchev–Trinajstić information content (AvgIpc) is 3.66. The first kappa shape index (κ1) is 28.2. The molecule has 208 valence electrons. The SMILES string of the molecule is O=C(NC(CCCCCNc1ncc[nH]1)(NS(=O)(=O)c1ccc(-c2ccccc2)cc1)C(=O)O)C1CCON1. The number of nitrogens with zero attached hydrogens (tertiary/aromatic N) is 1. The summed E-state index contributed by atoms with van der Waals surface area (Å²) in [5.41, 5.74) is 1.99. The Morgan fingerprint density at radius 3 is 2.44 bits per heavy atom. The van der Waals surface area contributed by atoms with Crippen molar-refractivity contribution in [2.75, 3.05) is 18.5 Å². The second-order valence-electron chi connectivity index (χ2n) is 9.18. The van der Waals surface area contributed by atoms with Gasteiger partial charge < -0.3 is 25.6 Å². The largest absolute Gasteiger partial charge is 0.478 e. The van der Waals surface area contributed by atoms with Crippen LogP contribution in [0.15, 0.2) is 71.9 Å². The van der Waals surface area contributed by atoms with Gasteiger partial charge in [-0.2, -0.15) is 10.2 Å². The molecule has 2 unspecified atom stereocenters. The monoisotopic (exact) mass is 556 g/mol. The smallest absolute Gasteiger partial charge is 0.345 e. The maximum Gasteiger partial charge on any atom is 0.345 e. The van der Waals surface area contributed by atoms with E-state index in [4.69, 9.17) is 4.84 Å². The fourth-order valence-electron chi connectivity index (χ4n) is 4.23. The molecule has 2 atom stereocenters. The lowest BCUT2D eigenvalue weighted by Gasteiger charge is -2.32. The standard InChI is InChI=1S/C26H32N6O6S/c33-23(22-13-18-38-31-22)30-26(24(34)35,14-5-2-6-15-27-25-28-16-17-29-25)32-39(36,37)21-11-9-20(10-12-21)19-7-3-1-4-8-19/h1,3-4,7-12,16-17,22,31-32H,2,5-6,13-15,18H2,(H,30,33)(H,34,35)(H2,27,28,29). The van der Waals surface area contributed by atoms with E-state index >= 15 is 0 Å². The first-order valence-electron chi connectivity index (χ1n) is 12.6. The van der Waals surface area contributed by atoms with Crippen molar-refractivity contribution in [2.24, 2.45) is 0 Å². The number of hydrogen-bond donors (Lipinski definition) is 6. The molecule has 13 heteroatoms. The summed E-state index contributed by atoms with van der Waals surface area (Å²) >= 11 is 0. The minimum atomic E-state index is -4.33. The van der Waals surface area contributed by atoms with Crippen LogP contribution in [0, 0.1) is 0 Å². The first-order valence-corrected chi connectivity index (χ1v) is 14.1. The molecule has 1 aromatic heterocycles. The van der Waals surface area contributed by atoms with Crippen molar-refractivity contribution in [1.82, 2.24) is 25.5 Å². The number of carboxylic acid groups (broad SMARTS) is 1. The Balaban J connectivity index is 1.48. The van der Waals surface area contributed by atoms with Crippen LogP contribution in [0.5, 0.6) is 0 Å². The van der Waals surface area contributed by atoms with Crippen LogP contribution in [0.1, 0.15) is 32.1 Å². The number of unbranched alkanes of at least 4 members (excludes halogenated alkanes) is 2. The van der Waals surface area contributed by atoms with Crippen molar-refractivity contribution in [3.63, 3.8) is 0 Å². The number of hydroxylamine groups is 1. The zero-order valence-corrected chi connectivity index (χ0v) is 22.0. The molecule has 1 fully saturated rings. The summed E-state index contributed by atoms with van der Waals surface area (Å²) in [5, 5.41) is 15.8. The van der Waals surface area contributed by atoms with Crippen LogP contribution in [-0.2, 0) is 24.4 Å². The van der Waals surface area contributed by atoms with Crippen molar-refractivity contribution in [2.45, 2.75) is 48.7 Å². The highest BCUT2D eigenvalue weighted by molar-refractivity contribution is 7.89. The second kappa shape index (κ2) is 12.8. The molecule has 2 heterocycles. The van der Waals surface area contributed by atoms with E-state index in [-0.39, 0.29) is 17.9 Å². The van der Waals surface area contributed by atoms with E-state index in [1.165, 1.54) is 12.1 Å². The summed E-state index contributed by atoms with van der Waals surface area (Å²) in [5.74, 6) is -1.55. The summed E-state index contributed by atoms with van der Waals surface area (Å²) < 4.78 is 29.1. The third kappa shape index (κ3) is 7.41. The Bertz CT molecular complexity index is 1330. The van der Waals surface area contributed by atoms with E-state index in [0.717, 1.165) is 11.1 Å². The van der Waals surface area contributed by atoms with Crippen LogP contribution >= 0.6 is 0 Å². The molecule has 1 aliphatic rings. The number of imidazole rings is 1. The fraction of sp³-hybridized carbons (Fsp3) is 0.346. The molecule has 1 saturated heterocycles. The van der Waals surface area contributed by atoms with Gasteiger partial charge >= 0.3 is 5.97 Å². The van der Waals surface area contributed by atoms with Crippen LogP contribution in [0.25, 0.3) is 11.1 Å². The number of amides is 1. The zero-order chi connectivity index (χ0) is 27.7. The van der Waals surface area contributed by atoms with Gasteiger partial charge in [0.05, 0.1) is 11.5 Å². The second-order valence-corrected chi connectivity index (χ2v) is 10.9. The zero-order valence-electron chi connectivity index (χ0n) is 21.2. The Morgan fingerprint density at radius 1 is 1.05 bits per heavy atom. The van der Waals surface area contributed by atoms with Gasteiger partial charge in [0.1, 0.15) is 6.04 Å². The topological polar surface area (TPSA) is 175 Å². The lowest BCUT2D eigenvalue weighted by Crippen LogP contribution is -2.67. The maximum atomic E-state index is 13.4. The van der Waals surface area contributed by atoms with Gasteiger partial charge in [0, 0.05) is 18.9 Å². The van der Waals surface area contributed by atoms with Crippen molar-refractivity contribution in [3.05, 3.63) is 67.0 Å². The quantitative estimate of drug-likeness (QED) is 0.128. The molecule has 0 aliphatic carbocycles. The summed E-state index contributed by atoms with van der Waals surface area (Å²) in [6.45, 7) is 0.864. The van der Waals surface area contributed by atoms with Crippen LogP contribution < -0.4 is 20.8 Å². The number of aliphatic carboxylic acids is 1. The number of anilines is 1. The Morgan fingerprint density at radius 2 is 1.79 bits per heavy atom. The van der Waals surface area contributed by atoms with Crippen molar-refractivity contribution in [3.8, 4) is 11.1 Å². The Labute approximate surface area is 226 Å². The number of H-pyrrole nitrogens is 1. The number of rotatable bonds is 14. The summed E-state index contributed by atoms with van der Waals surface area (Å²) in [6.07, 6.45) is 5.07. The molecular formula is C26H32N6O6S. The predicted molar refractivity (Wildman–Crippen MR) is 144 cm³/mol. The summed E-state index contributed by atoms with van der Waals surface area (Å²) in [7, 11) is -4.33. The lowest BCUT2D eigenvalue weighted by molar-refractivity contribution is -0.149. The van der Waals surface area contributed by atoms with Gasteiger partial charge in [0.2, 0.25) is 21.6 Å². The number of hydrogen-bond acceptors (Lipinski definition) is 8. The highest BCUT2D eigenvalue weighted by atomic mass is 32.2. The van der Waals surface area contributed by atoms with Gasteiger partial charge in [-0.15, -0.1) is 0 Å². The predicted octanol–water partition coefficient (Wildman–Crippen LogP) is 2.22. The maximum absolute atomic E-state index is 13.4. The molecule has 1 aliphatic heterocycles. The van der Waals surface area contributed by atoms with E-state index in [1.807, 2.05) is 30.3 Å². The normalized spacial score (nSPS) is 16.9. The number of carbonyl (C=O) groups is 2. The van der Waals surface area contributed by atoms with Crippen LogP contribution in [-0.4, -0.2) is 60.2 Å². The number of carbonyl (C=O) groups excluding carboxylic acids is 1. The molecule has 0 bridgehead atoms. The number of sulfonamides is 1. The molecule has 4 rings (SSSR count). The number of aromatic amines is 1. The lowest BCUT2D eigenvalue weighted by atomic mass is 10.0. The number of carboxylic acids is 1. The van der Waals surface area contributed by atoms with Gasteiger partial charge in [0.15, 0.2) is 5.95 Å². The van der Waals surface area contributed by atoms with Gasteiger partial charge in [0.25, 0.3) is 0 Å². The van der Waals surface area contributed by atoms with Gasteiger partial charge in [-0.1, -0.05) is 48.9 Å². The van der Waals surface area contributed by atoms with Gasteiger partial charge in [-0.05, 0) is 48.9 Å². The third-order valence-electron chi connectivity index (χ3n) is 6.35. The minimum Gasteiger partial charge on any atom is -0.478 e. The number of benzene rings is 2. The van der Waals surface area contributed by atoms with Crippen LogP contribution in [0.3, 0.4) is 0 Å². The van der Waals surface area contributed by atoms with E-state index in [0.29, 0.717) is 38.2 Å². The van der Waals surface area contributed by atoms with Gasteiger partial charge in [-0.3, -0.25) is 4.79 Å². The minimum absolute atomic E-state index is 0.118. The fourth-order valence-corrected chi connectivity index (χ4v) is 5.54. The molecule has 2 aromatic carbocycles.